The second kappa shape index (κ2) is 4.94. The number of hydrogen-bond acceptors (Lipinski definition) is 2. The van der Waals surface area contributed by atoms with Crippen molar-refractivity contribution in [3.8, 4) is 0 Å². The second-order valence-electron chi connectivity index (χ2n) is 4.48. The van der Waals surface area contributed by atoms with Gasteiger partial charge in [-0.25, -0.2) is 4.98 Å². The van der Waals surface area contributed by atoms with Crippen molar-refractivity contribution >= 4 is 28.2 Å². The van der Waals surface area contributed by atoms with Gasteiger partial charge in [0.05, 0.1) is 11.4 Å². The molecule has 4 heteroatoms. The zero-order valence-corrected chi connectivity index (χ0v) is 11.3. The molecule has 0 amide bonds. The lowest BCUT2D eigenvalue weighted by molar-refractivity contribution is 1.12. The van der Waals surface area contributed by atoms with Crippen LogP contribution in [0.5, 0.6) is 0 Å². The van der Waals surface area contributed by atoms with Crippen LogP contribution in [-0.2, 0) is 6.54 Å². The molecule has 0 aliphatic rings. The van der Waals surface area contributed by atoms with Gasteiger partial charge in [0.25, 0.3) is 0 Å². The number of aromatic nitrogens is 2. The molecular formula is C15H14ClN3. The fourth-order valence-corrected chi connectivity index (χ4v) is 2.40. The summed E-state index contributed by atoms with van der Waals surface area (Å²) in [6, 6.07) is 12.1. The van der Waals surface area contributed by atoms with Gasteiger partial charge >= 0.3 is 0 Å². The van der Waals surface area contributed by atoms with Crippen molar-refractivity contribution in [3.05, 3.63) is 59.0 Å². The first-order valence-electron chi connectivity index (χ1n) is 6.16. The van der Waals surface area contributed by atoms with Crippen LogP contribution < -0.4 is 5.32 Å². The molecule has 96 valence electrons. The fourth-order valence-electron chi connectivity index (χ4n) is 2.21. The molecule has 0 saturated carbocycles. The van der Waals surface area contributed by atoms with Crippen molar-refractivity contribution in [2.45, 2.75) is 13.5 Å². The molecule has 0 spiro atoms. The maximum absolute atomic E-state index is 5.85. The van der Waals surface area contributed by atoms with E-state index in [-0.39, 0.29) is 0 Å². The summed E-state index contributed by atoms with van der Waals surface area (Å²) in [6.45, 7) is 2.71. The Balaban J connectivity index is 1.84. The summed E-state index contributed by atoms with van der Waals surface area (Å²) in [4.78, 5) is 7.45. The average Bonchev–Trinajstić information content (AvgIpc) is 2.86. The largest absolute Gasteiger partial charge is 0.379 e. The monoisotopic (exact) mass is 271 g/mol. The third-order valence-electron chi connectivity index (χ3n) is 3.21. The van der Waals surface area contributed by atoms with Gasteiger partial charge in [-0.15, -0.1) is 0 Å². The third kappa shape index (κ3) is 2.42. The average molecular weight is 272 g/mol. The van der Waals surface area contributed by atoms with Crippen LogP contribution in [0.15, 0.2) is 42.6 Å². The normalized spacial score (nSPS) is 10.8. The zero-order chi connectivity index (χ0) is 13.2. The molecule has 19 heavy (non-hydrogen) atoms. The minimum atomic E-state index is 0.524. The van der Waals surface area contributed by atoms with Gasteiger partial charge in [-0.05, 0) is 36.8 Å². The molecule has 0 unspecified atom stereocenters. The molecule has 2 heterocycles. The van der Waals surface area contributed by atoms with Crippen molar-refractivity contribution in [3.63, 3.8) is 0 Å². The van der Waals surface area contributed by atoms with Gasteiger partial charge in [0.1, 0.15) is 5.15 Å². The van der Waals surface area contributed by atoms with E-state index in [2.05, 4.69) is 39.6 Å². The zero-order valence-electron chi connectivity index (χ0n) is 10.6. The van der Waals surface area contributed by atoms with Gasteiger partial charge in [-0.3, -0.25) is 0 Å². The number of aryl methyl sites for hydroxylation is 1. The lowest BCUT2D eigenvalue weighted by Gasteiger charge is -2.10. The summed E-state index contributed by atoms with van der Waals surface area (Å²) in [5.74, 6) is 0. The lowest BCUT2D eigenvalue weighted by Crippen LogP contribution is -2.02. The van der Waals surface area contributed by atoms with Gasteiger partial charge in [0, 0.05) is 23.6 Å². The predicted octanol–water partition coefficient (Wildman–Crippen LogP) is 4.14. The number of pyridine rings is 1. The number of hydrogen-bond donors (Lipinski definition) is 2. The van der Waals surface area contributed by atoms with E-state index in [0.717, 1.165) is 23.4 Å². The molecule has 0 aliphatic heterocycles. The molecule has 3 aromatic rings. The van der Waals surface area contributed by atoms with Crippen LogP contribution in [0.2, 0.25) is 5.15 Å². The Kier molecular flexibility index (Phi) is 3.13. The van der Waals surface area contributed by atoms with Gasteiger partial charge in [-0.1, -0.05) is 23.7 Å². The quantitative estimate of drug-likeness (QED) is 0.703. The highest BCUT2D eigenvalue weighted by Crippen LogP contribution is 2.20. The molecule has 3 rings (SSSR count). The van der Waals surface area contributed by atoms with Gasteiger partial charge in [0.2, 0.25) is 0 Å². The summed E-state index contributed by atoms with van der Waals surface area (Å²) < 4.78 is 0. The van der Waals surface area contributed by atoms with Crippen LogP contribution in [0, 0.1) is 6.92 Å². The first-order valence-corrected chi connectivity index (χ1v) is 6.54. The Hall–Kier alpha value is -2.00. The minimum Gasteiger partial charge on any atom is -0.379 e. The number of nitrogens with zero attached hydrogens (tertiary/aromatic N) is 1. The summed E-state index contributed by atoms with van der Waals surface area (Å²) >= 11 is 5.85. The Labute approximate surface area is 116 Å². The van der Waals surface area contributed by atoms with E-state index in [0.29, 0.717) is 5.15 Å². The minimum absolute atomic E-state index is 0.524. The fraction of sp³-hybridized carbons (Fsp3) is 0.133. The SMILES string of the molecule is Cc1nc(Cl)ccc1NCc1cccc2[nH]ccc12. The standard InChI is InChI=1S/C15H14ClN3/c1-10-13(5-6-15(16)19-10)18-9-11-3-2-4-14-12(11)7-8-17-14/h2-8,17-18H,9H2,1H3. The smallest absolute Gasteiger partial charge is 0.129 e. The Morgan fingerprint density at radius 1 is 1.21 bits per heavy atom. The Morgan fingerprint density at radius 2 is 2.11 bits per heavy atom. The highest BCUT2D eigenvalue weighted by atomic mass is 35.5. The van der Waals surface area contributed by atoms with Crippen LogP contribution in [0.4, 0.5) is 5.69 Å². The number of H-pyrrole nitrogens is 1. The number of anilines is 1. The van der Waals surface area contributed by atoms with Crippen LogP contribution in [-0.4, -0.2) is 9.97 Å². The van der Waals surface area contributed by atoms with E-state index >= 15 is 0 Å². The van der Waals surface area contributed by atoms with Crippen molar-refractivity contribution in [2.24, 2.45) is 0 Å². The molecule has 3 nitrogen and oxygen atoms in total. The first-order chi connectivity index (χ1) is 9.24. The van der Waals surface area contributed by atoms with Crippen molar-refractivity contribution in [1.29, 1.82) is 0 Å². The summed E-state index contributed by atoms with van der Waals surface area (Å²) in [5.41, 5.74) is 4.34. The molecule has 0 fully saturated rings. The number of rotatable bonds is 3. The second-order valence-corrected chi connectivity index (χ2v) is 4.86. The molecule has 0 aliphatic carbocycles. The van der Waals surface area contributed by atoms with Gasteiger partial charge < -0.3 is 10.3 Å². The lowest BCUT2D eigenvalue weighted by atomic mass is 10.1. The van der Waals surface area contributed by atoms with E-state index in [1.807, 2.05) is 19.2 Å². The van der Waals surface area contributed by atoms with E-state index in [1.165, 1.54) is 10.9 Å². The van der Waals surface area contributed by atoms with Crippen molar-refractivity contribution < 1.29 is 0 Å². The highest BCUT2D eigenvalue weighted by Gasteiger charge is 2.03. The maximum atomic E-state index is 5.85. The Morgan fingerprint density at radius 3 is 2.95 bits per heavy atom. The van der Waals surface area contributed by atoms with Crippen LogP contribution in [0.3, 0.4) is 0 Å². The predicted molar refractivity (Wildman–Crippen MR) is 79.6 cm³/mol. The molecular weight excluding hydrogens is 258 g/mol. The van der Waals surface area contributed by atoms with Crippen LogP contribution >= 0.6 is 11.6 Å². The topological polar surface area (TPSA) is 40.7 Å². The summed E-state index contributed by atoms with van der Waals surface area (Å²) in [6.07, 6.45) is 1.96. The molecule has 0 radical (unpaired) electrons. The number of halogens is 1. The van der Waals surface area contributed by atoms with E-state index in [1.54, 1.807) is 6.07 Å². The van der Waals surface area contributed by atoms with E-state index in [4.69, 9.17) is 11.6 Å². The third-order valence-corrected chi connectivity index (χ3v) is 3.42. The Bertz CT molecular complexity index is 718. The number of aromatic amines is 1. The molecule has 1 aromatic carbocycles. The molecule has 0 saturated heterocycles. The summed E-state index contributed by atoms with van der Waals surface area (Å²) in [5, 5.41) is 5.17. The van der Waals surface area contributed by atoms with Crippen molar-refractivity contribution in [1.82, 2.24) is 9.97 Å². The maximum Gasteiger partial charge on any atom is 0.129 e. The molecule has 2 N–H and O–H groups in total. The molecule has 0 bridgehead atoms. The molecule has 0 atom stereocenters. The number of fused-ring (bicyclic) bond motifs is 1. The van der Waals surface area contributed by atoms with Crippen LogP contribution in [0.1, 0.15) is 11.3 Å². The molecule has 2 aromatic heterocycles. The van der Waals surface area contributed by atoms with Crippen LogP contribution in [0.25, 0.3) is 10.9 Å². The van der Waals surface area contributed by atoms with E-state index < -0.39 is 0 Å². The van der Waals surface area contributed by atoms with Crippen molar-refractivity contribution in [2.75, 3.05) is 5.32 Å². The highest BCUT2D eigenvalue weighted by molar-refractivity contribution is 6.29. The first kappa shape index (κ1) is 12.1. The number of nitrogens with one attached hydrogen (secondary N) is 2. The van der Waals surface area contributed by atoms with Gasteiger partial charge in [0.15, 0.2) is 0 Å². The van der Waals surface area contributed by atoms with Gasteiger partial charge in [-0.2, -0.15) is 0 Å². The number of benzene rings is 1. The van der Waals surface area contributed by atoms with E-state index in [9.17, 15) is 0 Å². The summed E-state index contributed by atoms with van der Waals surface area (Å²) in [7, 11) is 0.